The molecule has 0 bridgehead atoms. The summed E-state index contributed by atoms with van der Waals surface area (Å²) in [5.41, 5.74) is 0. The molecule has 0 saturated carbocycles. The Morgan fingerprint density at radius 3 is 2.78 bits per heavy atom. The van der Waals surface area contributed by atoms with Gasteiger partial charge in [-0.05, 0) is 24.3 Å². The first-order chi connectivity index (χ1) is 8.63. The quantitative estimate of drug-likeness (QED) is 0.798. The largest absolute Gasteiger partial charge is 0.354 e. The van der Waals surface area contributed by atoms with Gasteiger partial charge in [0.15, 0.2) is 0 Å². The van der Waals surface area contributed by atoms with Crippen LogP contribution in [0, 0.1) is 5.82 Å². The monoisotopic (exact) mass is 268 g/mol. The molecule has 1 fully saturated rings. The van der Waals surface area contributed by atoms with E-state index in [-0.39, 0.29) is 29.4 Å². The van der Waals surface area contributed by atoms with E-state index in [0.29, 0.717) is 13.0 Å². The summed E-state index contributed by atoms with van der Waals surface area (Å²) >= 11 is 1.34. The molecule has 2 N–H and O–H groups in total. The molecule has 6 heteroatoms. The third kappa shape index (κ3) is 3.73. The Morgan fingerprint density at radius 2 is 2.17 bits per heavy atom. The van der Waals surface area contributed by atoms with E-state index >= 15 is 0 Å². The van der Waals surface area contributed by atoms with Crippen LogP contribution in [-0.2, 0) is 9.59 Å². The Kier molecular flexibility index (Phi) is 4.19. The van der Waals surface area contributed by atoms with Gasteiger partial charge in [-0.1, -0.05) is 0 Å². The topological polar surface area (TPSA) is 58.2 Å². The second-order valence-corrected chi connectivity index (χ2v) is 5.06. The number of carbonyl (C=O) groups excluding carboxylic acids is 2. The van der Waals surface area contributed by atoms with Gasteiger partial charge in [-0.2, -0.15) is 0 Å². The van der Waals surface area contributed by atoms with Gasteiger partial charge in [0.25, 0.3) is 0 Å². The molecule has 1 aromatic rings. The molecule has 1 unspecified atom stereocenters. The summed E-state index contributed by atoms with van der Waals surface area (Å²) in [7, 11) is 0. The molecule has 1 aliphatic heterocycles. The molecule has 0 aromatic heterocycles. The average Bonchev–Trinajstić information content (AvgIpc) is 2.74. The van der Waals surface area contributed by atoms with Crippen molar-refractivity contribution in [1.82, 2.24) is 10.6 Å². The number of amides is 2. The van der Waals surface area contributed by atoms with E-state index in [0.717, 1.165) is 4.90 Å². The minimum absolute atomic E-state index is 0.0357. The fraction of sp³-hybridized carbons (Fsp3) is 0.333. The van der Waals surface area contributed by atoms with Gasteiger partial charge in [0, 0.05) is 17.9 Å². The van der Waals surface area contributed by atoms with Crippen molar-refractivity contribution in [3.8, 4) is 0 Å². The van der Waals surface area contributed by atoms with Crippen LogP contribution in [0.2, 0.25) is 0 Å². The Bertz CT molecular complexity index is 450. The zero-order valence-electron chi connectivity index (χ0n) is 9.61. The highest BCUT2D eigenvalue weighted by atomic mass is 32.2. The summed E-state index contributed by atoms with van der Waals surface area (Å²) in [5, 5.41) is 5.43. The van der Waals surface area contributed by atoms with E-state index in [9.17, 15) is 14.0 Å². The second-order valence-electron chi connectivity index (χ2n) is 4.02. The number of hydrogen-bond donors (Lipinski definition) is 2. The number of benzene rings is 1. The lowest BCUT2D eigenvalue weighted by Crippen LogP contribution is -2.37. The average molecular weight is 268 g/mol. The van der Waals surface area contributed by atoms with Crippen molar-refractivity contribution in [2.24, 2.45) is 0 Å². The summed E-state index contributed by atoms with van der Waals surface area (Å²) in [6.45, 7) is 0.492. The van der Waals surface area contributed by atoms with Gasteiger partial charge in [-0.3, -0.25) is 9.59 Å². The normalized spacial score (nSPS) is 18.5. The highest BCUT2D eigenvalue weighted by Gasteiger charge is 2.22. The van der Waals surface area contributed by atoms with E-state index in [4.69, 9.17) is 0 Å². The zero-order valence-corrected chi connectivity index (χ0v) is 10.4. The maximum absolute atomic E-state index is 12.7. The minimum Gasteiger partial charge on any atom is -0.354 e. The molecule has 96 valence electrons. The molecule has 4 nitrogen and oxygen atoms in total. The molecule has 1 heterocycles. The molecule has 0 spiro atoms. The van der Waals surface area contributed by atoms with Gasteiger partial charge in [-0.15, -0.1) is 11.8 Å². The fourth-order valence-electron chi connectivity index (χ4n) is 1.66. The van der Waals surface area contributed by atoms with Crippen molar-refractivity contribution in [2.75, 3.05) is 12.3 Å². The van der Waals surface area contributed by atoms with Crippen LogP contribution in [-0.4, -0.2) is 30.2 Å². The third-order valence-corrected chi connectivity index (χ3v) is 3.54. The van der Waals surface area contributed by atoms with Gasteiger partial charge < -0.3 is 10.6 Å². The predicted octanol–water partition coefficient (Wildman–Crippen LogP) is 0.923. The predicted molar refractivity (Wildman–Crippen MR) is 66.7 cm³/mol. The molecule has 0 radical (unpaired) electrons. The number of carbonyl (C=O) groups is 2. The van der Waals surface area contributed by atoms with Crippen LogP contribution >= 0.6 is 11.8 Å². The second kappa shape index (κ2) is 5.86. The molecule has 1 atom stereocenters. The van der Waals surface area contributed by atoms with Gasteiger partial charge in [0.05, 0.1) is 11.8 Å². The van der Waals surface area contributed by atoms with E-state index in [2.05, 4.69) is 10.6 Å². The Labute approximate surface area is 108 Å². The first-order valence-corrected chi connectivity index (χ1v) is 6.56. The fourth-order valence-corrected chi connectivity index (χ4v) is 2.37. The van der Waals surface area contributed by atoms with Crippen LogP contribution in [0.4, 0.5) is 4.39 Å². The Hall–Kier alpha value is -1.56. The van der Waals surface area contributed by atoms with Crippen molar-refractivity contribution >= 4 is 23.6 Å². The van der Waals surface area contributed by atoms with E-state index in [1.807, 2.05) is 0 Å². The molecule has 1 aromatic carbocycles. The van der Waals surface area contributed by atoms with Crippen molar-refractivity contribution in [1.29, 1.82) is 0 Å². The van der Waals surface area contributed by atoms with E-state index in [1.165, 1.54) is 23.9 Å². The minimum atomic E-state index is -0.292. The molecular weight excluding hydrogens is 255 g/mol. The third-order valence-electron chi connectivity index (χ3n) is 2.53. The Morgan fingerprint density at radius 1 is 1.44 bits per heavy atom. The van der Waals surface area contributed by atoms with E-state index < -0.39 is 0 Å². The SMILES string of the molecule is O=C1CC(NC(=O)CSc2ccc(F)cc2)CN1. The molecule has 2 rings (SSSR count). The standard InChI is InChI=1S/C12H13FN2O2S/c13-8-1-3-10(4-2-8)18-7-12(17)15-9-5-11(16)14-6-9/h1-4,9H,5-7H2,(H,14,16)(H,15,17). The summed E-state index contributed by atoms with van der Waals surface area (Å²) < 4.78 is 12.7. The molecular formula is C12H13FN2O2S. The van der Waals surface area contributed by atoms with Crippen LogP contribution in [0.25, 0.3) is 0 Å². The van der Waals surface area contributed by atoms with Gasteiger partial charge in [0.2, 0.25) is 11.8 Å². The van der Waals surface area contributed by atoms with Crippen LogP contribution in [0.1, 0.15) is 6.42 Å². The first-order valence-electron chi connectivity index (χ1n) is 5.58. The molecule has 18 heavy (non-hydrogen) atoms. The van der Waals surface area contributed by atoms with Crippen molar-refractivity contribution < 1.29 is 14.0 Å². The lowest BCUT2D eigenvalue weighted by atomic mass is 10.2. The summed E-state index contributed by atoms with van der Waals surface area (Å²) in [6, 6.07) is 5.88. The maximum Gasteiger partial charge on any atom is 0.230 e. The molecule has 1 saturated heterocycles. The van der Waals surface area contributed by atoms with Gasteiger partial charge >= 0.3 is 0 Å². The molecule has 0 aliphatic carbocycles. The van der Waals surface area contributed by atoms with Gasteiger partial charge in [0.1, 0.15) is 5.82 Å². The lowest BCUT2D eigenvalue weighted by Gasteiger charge is -2.09. The van der Waals surface area contributed by atoms with Crippen molar-refractivity contribution in [2.45, 2.75) is 17.4 Å². The maximum atomic E-state index is 12.7. The zero-order chi connectivity index (χ0) is 13.0. The summed E-state index contributed by atoms with van der Waals surface area (Å²) in [4.78, 5) is 23.4. The van der Waals surface area contributed by atoms with E-state index in [1.54, 1.807) is 12.1 Å². The van der Waals surface area contributed by atoms with Crippen LogP contribution in [0.15, 0.2) is 29.2 Å². The lowest BCUT2D eigenvalue weighted by molar-refractivity contribution is -0.119. The number of rotatable bonds is 4. The highest BCUT2D eigenvalue weighted by molar-refractivity contribution is 8.00. The summed E-state index contributed by atoms with van der Waals surface area (Å²) in [5.74, 6) is -0.187. The van der Waals surface area contributed by atoms with Crippen molar-refractivity contribution in [3.05, 3.63) is 30.1 Å². The van der Waals surface area contributed by atoms with Crippen LogP contribution in [0.5, 0.6) is 0 Å². The number of thioether (sulfide) groups is 1. The van der Waals surface area contributed by atoms with Crippen LogP contribution < -0.4 is 10.6 Å². The van der Waals surface area contributed by atoms with Crippen molar-refractivity contribution in [3.63, 3.8) is 0 Å². The summed E-state index contributed by atoms with van der Waals surface area (Å²) in [6.07, 6.45) is 0.340. The van der Waals surface area contributed by atoms with Gasteiger partial charge in [-0.25, -0.2) is 4.39 Å². The first kappa shape index (κ1) is 12.9. The number of halogens is 1. The molecule has 2 amide bonds. The van der Waals surface area contributed by atoms with Crippen LogP contribution in [0.3, 0.4) is 0 Å². The molecule has 1 aliphatic rings. The highest BCUT2D eigenvalue weighted by Crippen LogP contribution is 2.17. The number of hydrogen-bond acceptors (Lipinski definition) is 3. The number of nitrogens with one attached hydrogen (secondary N) is 2. The Balaban J connectivity index is 1.74. The smallest absolute Gasteiger partial charge is 0.230 e.